The van der Waals surface area contributed by atoms with E-state index in [9.17, 15) is 4.79 Å². The number of amides is 1. The van der Waals surface area contributed by atoms with Gasteiger partial charge in [0.25, 0.3) is 5.91 Å². The summed E-state index contributed by atoms with van der Waals surface area (Å²) in [6.07, 6.45) is 2.00. The SMILES string of the molecule is Cc1ccccc1C(=O)NCC(C)(C)c1c[nH]c2ccc(Cl)cc12. The van der Waals surface area contributed by atoms with E-state index in [0.717, 1.165) is 27.6 Å². The predicted octanol–water partition coefficient (Wildman–Crippen LogP) is 4.84. The molecule has 3 nitrogen and oxygen atoms in total. The van der Waals surface area contributed by atoms with Gasteiger partial charge in [0.15, 0.2) is 0 Å². The first-order chi connectivity index (χ1) is 11.4. The zero-order valence-corrected chi connectivity index (χ0v) is 14.9. The van der Waals surface area contributed by atoms with Crippen LogP contribution in [0.5, 0.6) is 0 Å². The van der Waals surface area contributed by atoms with Gasteiger partial charge in [0.05, 0.1) is 0 Å². The number of aromatic amines is 1. The lowest BCUT2D eigenvalue weighted by atomic mass is 9.84. The molecule has 1 heterocycles. The molecular formula is C20H21ClN2O. The highest BCUT2D eigenvalue weighted by atomic mass is 35.5. The lowest BCUT2D eigenvalue weighted by molar-refractivity contribution is 0.0945. The van der Waals surface area contributed by atoms with Crippen molar-refractivity contribution < 1.29 is 4.79 Å². The lowest BCUT2D eigenvalue weighted by Gasteiger charge is -2.25. The zero-order chi connectivity index (χ0) is 17.3. The summed E-state index contributed by atoms with van der Waals surface area (Å²) in [6.45, 7) is 6.73. The Kier molecular flexibility index (Phi) is 4.37. The standard InChI is InChI=1S/C20H21ClN2O/c1-13-6-4-5-7-15(13)19(24)23-12-20(2,3)17-11-22-18-9-8-14(21)10-16(17)18/h4-11,22H,12H2,1-3H3,(H,23,24). The number of nitrogens with one attached hydrogen (secondary N) is 2. The summed E-state index contributed by atoms with van der Waals surface area (Å²) in [5, 5.41) is 4.87. The van der Waals surface area contributed by atoms with Gasteiger partial charge in [-0.05, 0) is 42.3 Å². The van der Waals surface area contributed by atoms with E-state index < -0.39 is 0 Å². The Morgan fingerprint density at radius 2 is 1.96 bits per heavy atom. The number of halogens is 1. The number of hydrogen-bond donors (Lipinski definition) is 2. The topological polar surface area (TPSA) is 44.9 Å². The van der Waals surface area contributed by atoms with Gasteiger partial charge in [-0.1, -0.05) is 43.6 Å². The van der Waals surface area contributed by atoms with Crippen molar-refractivity contribution in [3.63, 3.8) is 0 Å². The second kappa shape index (κ2) is 6.33. The molecule has 4 heteroatoms. The van der Waals surface area contributed by atoms with Gasteiger partial charge in [0.1, 0.15) is 0 Å². The predicted molar refractivity (Wildman–Crippen MR) is 99.8 cm³/mol. The van der Waals surface area contributed by atoms with Crippen LogP contribution in [0, 0.1) is 6.92 Å². The van der Waals surface area contributed by atoms with Crippen LogP contribution in [0.25, 0.3) is 10.9 Å². The van der Waals surface area contributed by atoms with Crippen molar-refractivity contribution in [3.05, 3.63) is 70.4 Å². The molecule has 0 saturated carbocycles. The molecule has 3 rings (SSSR count). The highest BCUT2D eigenvalue weighted by molar-refractivity contribution is 6.31. The van der Waals surface area contributed by atoms with Crippen molar-refractivity contribution in [2.24, 2.45) is 0 Å². The van der Waals surface area contributed by atoms with Gasteiger partial charge in [0.2, 0.25) is 0 Å². The molecule has 0 aliphatic heterocycles. The molecule has 0 atom stereocenters. The summed E-state index contributed by atoms with van der Waals surface area (Å²) in [5.74, 6) is -0.0425. The Bertz CT molecular complexity index is 896. The van der Waals surface area contributed by atoms with Crippen molar-refractivity contribution in [2.75, 3.05) is 6.54 Å². The number of aryl methyl sites for hydroxylation is 1. The summed E-state index contributed by atoms with van der Waals surface area (Å²) in [4.78, 5) is 15.7. The molecule has 0 aliphatic carbocycles. The molecule has 3 aromatic rings. The summed E-state index contributed by atoms with van der Waals surface area (Å²) < 4.78 is 0. The molecule has 1 aromatic heterocycles. The molecule has 0 bridgehead atoms. The Labute approximate surface area is 147 Å². The van der Waals surface area contributed by atoms with Crippen LogP contribution < -0.4 is 5.32 Å². The van der Waals surface area contributed by atoms with E-state index in [1.54, 1.807) is 0 Å². The van der Waals surface area contributed by atoms with Crippen LogP contribution in [0.3, 0.4) is 0 Å². The van der Waals surface area contributed by atoms with Gasteiger partial charge in [-0.3, -0.25) is 4.79 Å². The highest BCUT2D eigenvalue weighted by Crippen LogP contribution is 2.31. The third-order valence-electron chi connectivity index (χ3n) is 4.45. The third-order valence-corrected chi connectivity index (χ3v) is 4.69. The van der Waals surface area contributed by atoms with Gasteiger partial charge in [0, 0.05) is 39.6 Å². The van der Waals surface area contributed by atoms with Crippen molar-refractivity contribution in [1.82, 2.24) is 10.3 Å². The molecule has 124 valence electrons. The lowest BCUT2D eigenvalue weighted by Crippen LogP contribution is -2.36. The average molecular weight is 341 g/mol. The van der Waals surface area contributed by atoms with Crippen LogP contribution in [-0.4, -0.2) is 17.4 Å². The van der Waals surface area contributed by atoms with E-state index in [0.29, 0.717) is 11.6 Å². The maximum Gasteiger partial charge on any atom is 0.251 e. The van der Waals surface area contributed by atoms with Crippen LogP contribution in [0.15, 0.2) is 48.7 Å². The second-order valence-corrected chi connectivity index (χ2v) is 7.21. The smallest absolute Gasteiger partial charge is 0.251 e. The van der Waals surface area contributed by atoms with E-state index in [2.05, 4.69) is 24.1 Å². The number of benzene rings is 2. The fourth-order valence-electron chi connectivity index (χ4n) is 2.97. The van der Waals surface area contributed by atoms with Gasteiger partial charge in [-0.2, -0.15) is 0 Å². The number of fused-ring (bicyclic) bond motifs is 1. The maximum absolute atomic E-state index is 12.5. The van der Waals surface area contributed by atoms with E-state index in [1.807, 2.05) is 55.6 Å². The number of aromatic nitrogens is 1. The van der Waals surface area contributed by atoms with Crippen molar-refractivity contribution in [1.29, 1.82) is 0 Å². The average Bonchev–Trinajstić information content (AvgIpc) is 2.97. The van der Waals surface area contributed by atoms with Crippen LogP contribution in [0.1, 0.15) is 35.3 Å². The molecule has 2 N–H and O–H groups in total. The van der Waals surface area contributed by atoms with Gasteiger partial charge >= 0.3 is 0 Å². The highest BCUT2D eigenvalue weighted by Gasteiger charge is 2.25. The van der Waals surface area contributed by atoms with E-state index in [-0.39, 0.29) is 11.3 Å². The fourth-order valence-corrected chi connectivity index (χ4v) is 3.14. The number of carbonyl (C=O) groups is 1. The number of H-pyrrole nitrogens is 1. The van der Waals surface area contributed by atoms with Crippen molar-refractivity contribution >= 4 is 28.4 Å². The minimum absolute atomic E-state index is 0.0425. The Morgan fingerprint density at radius 1 is 1.21 bits per heavy atom. The largest absolute Gasteiger partial charge is 0.361 e. The molecular weight excluding hydrogens is 320 g/mol. The molecule has 0 saturated heterocycles. The molecule has 0 fully saturated rings. The Balaban J connectivity index is 1.82. The first kappa shape index (κ1) is 16.6. The normalized spacial score (nSPS) is 11.7. The van der Waals surface area contributed by atoms with E-state index >= 15 is 0 Å². The number of carbonyl (C=O) groups excluding carboxylic acids is 1. The fraction of sp³-hybridized carbons (Fsp3) is 0.250. The summed E-state index contributed by atoms with van der Waals surface area (Å²) in [6, 6.07) is 13.4. The number of rotatable bonds is 4. The monoisotopic (exact) mass is 340 g/mol. The van der Waals surface area contributed by atoms with E-state index in [1.165, 1.54) is 0 Å². The second-order valence-electron chi connectivity index (χ2n) is 6.77. The summed E-state index contributed by atoms with van der Waals surface area (Å²) >= 11 is 6.14. The van der Waals surface area contributed by atoms with Crippen LogP contribution in [0.2, 0.25) is 5.02 Å². The van der Waals surface area contributed by atoms with Crippen LogP contribution >= 0.6 is 11.6 Å². The van der Waals surface area contributed by atoms with Gasteiger partial charge < -0.3 is 10.3 Å². The summed E-state index contributed by atoms with van der Waals surface area (Å²) in [5.41, 5.74) is 3.67. The minimum atomic E-state index is -0.221. The van der Waals surface area contributed by atoms with Crippen molar-refractivity contribution in [3.8, 4) is 0 Å². The molecule has 0 spiro atoms. The summed E-state index contributed by atoms with van der Waals surface area (Å²) in [7, 11) is 0. The molecule has 0 unspecified atom stereocenters. The third kappa shape index (κ3) is 3.17. The van der Waals surface area contributed by atoms with Crippen LogP contribution in [-0.2, 0) is 5.41 Å². The quantitative estimate of drug-likeness (QED) is 0.701. The zero-order valence-electron chi connectivity index (χ0n) is 14.1. The number of hydrogen-bond acceptors (Lipinski definition) is 1. The minimum Gasteiger partial charge on any atom is -0.361 e. The Morgan fingerprint density at radius 3 is 2.71 bits per heavy atom. The van der Waals surface area contributed by atoms with Gasteiger partial charge in [-0.15, -0.1) is 0 Å². The van der Waals surface area contributed by atoms with Gasteiger partial charge in [-0.25, -0.2) is 0 Å². The van der Waals surface area contributed by atoms with Crippen LogP contribution in [0.4, 0.5) is 0 Å². The first-order valence-corrected chi connectivity index (χ1v) is 8.37. The molecule has 0 aliphatic rings. The molecule has 0 radical (unpaired) electrons. The maximum atomic E-state index is 12.5. The Hall–Kier alpha value is -2.26. The first-order valence-electron chi connectivity index (χ1n) is 7.99. The van der Waals surface area contributed by atoms with E-state index in [4.69, 9.17) is 11.6 Å². The van der Waals surface area contributed by atoms with Crippen molar-refractivity contribution in [2.45, 2.75) is 26.2 Å². The molecule has 1 amide bonds. The molecule has 24 heavy (non-hydrogen) atoms. The molecule has 2 aromatic carbocycles.